The van der Waals surface area contributed by atoms with Gasteiger partial charge in [0.25, 0.3) is 5.91 Å². The van der Waals surface area contributed by atoms with E-state index in [-0.39, 0.29) is 5.71 Å². The van der Waals surface area contributed by atoms with Crippen LogP contribution in [0, 0.1) is 5.82 Å². The standard InChI is InChI=1S/C11H8ClFN4O/c12-10-9(6-15-17-11(10)18)16-14-5-7-3-1-2-4-8(7)13/h1-6,10H,(H,17,18)/b14-5-,16-9-. The van der Waals surface area contributed by atoms with Gasteiger partial charge in [-0.25, -0.2) is 9.82 Å². The molecule has 1 aromatic rings. The monoisotopic (exact) mass is 266 g/mol. The molecule has 18 heavy (non-hydrogen) atoms. The lowest BCUT2D eigenvalue weighted by atomic mass is 10.2. The van der Waals surface area contributed by atoms with E-state index in [0.29, 0.717) is 5.56 Å². The number of hydrogen-bond donors (Lipinski definition) is 1. The van der Waals surface area contributed by atoms with E-state index in [9.17, 15) is 9.18 Å². The van der Waals surface area contributed by atoms with Crippen LogP contribution >= 0.6 is 11.6 Å². The fraction of sp³-hybridized carbons (Fsp3) is 0.0909. The number of carbonyl (C=O) groups is 1. The molecule has 1 N–H and O–H groups in total. The van der Waals surface area contributed by atoms with Gasteiger partial charge in [-0.1, -0.05) is 18.2 Å². The maximum absolute atomic E-state index is 13.2. The number of rotatable bonds is 2. The Labute approximate surface area is 107 Å². The number of hydrazone groups is 1. The Hall–Kier alpha value is -2.08. The summed E-state index contributed by atoms with van der Waals surface area (Å²) in [7, 11) is 0. The van der Waals surface area contributed by atoms with E-state index in [1.54, 1.807) is 18.2 Å². The molecule has 7 heteroatoms. The van der Waals surface area contributed by atoms with Crippen LogP contribution in [0.25, 0.3) is 0 Å². The van der Waals surface area contributed by atoms with E-state index >= 15 is 0 Å². The molecule has 1 aromatic carbocycles. The summed E-state index contributed by atoms with van der Waals surface area (Å²) < 4.78 is 13.2. The van der Waals surface area contributed by atoms with Crippen molar-refractivity contribution in [2.75, 3.05) is 0 Å². The van der Waals surface area contributed by atoms with Crippen LogP contribution in [0.15, 0.2) is 39.6 Å². The van der Waals surface area contributed by atoms with Crippen LogP contribution < -0.4 is 5.43 Å². The number of amides is 1. The summed E-state index contributed by atoms with van der Waals surface area (Å²) in [6, 6.07) is 6.12. The lowest BCUT2D eigenvalue weighted by molar-refractivity contribution is -0.119. The van der Waals surface area contributed by atoms with E-state index in [0.717, 1.165) is 0 Å². The van der Waals surface area contributed by atoms with E-state index in [4.69, 9.17) is 11.6 Å². The van der Waals surface area contributed by atoms with E-state index in [1.807, 2.05) is 0 Å². The normalized spacial score (nSPS) is 21.6. The molecule has 0 aromatic heterocycles. The van der Waals surface area contributed by atoms with Crippen LogP contribution in [0.3, 0.4) is 0 Å². The Morgan fingerprint density at radius 1 is 1.44 bits per heavy atom. The maximum Gasteiger partial charge on any atom is 0.264 e. The third-order valence-corrected chi connectivity index (χ3v) is 2.56. The lowest BCUT2D eigenvalue weighted by Gasteiger charge is -2.10. The third kappa shape index (κ3) is 2.78. The SMILES string of the molecule is O=C1NN=C/C(=N/N=C\c2ccccc2F)C1Cl. The molecular formula is C11H8ClFN4O. The van der Waals surface area contributed by atoms with Crippen LogP contribution in [0.1, 0.15) is 5.56 Å². The average Bonchev–Trinajstić information content (AvgIpc) is 2.37. The zero-order chi connectivity index (χ0) is 13.0. The molecule has 1 aliphatic rings. The van der Waals surface area contributed by atoms with Crippen molar-refractivity contribution < 1.29 is 9.18 Å². The number of nitrogens with zero attached hydrogens (tertiary/aromatic N) is 3. The molecule has 0 bridgehead atoms. The Bertz CT molecular complexity index is 556. The van der Waals surface area contributed by atoms with Gasteiger partial charge < -0.3 is 0 Å². The smallest absolute Gasteiger partial charge is 0.264 e. The first-order chi connectivity index (χ1) is 8.68. The number of alkyl halides is 1. The minimum Gasteiger partial charge on any atom is -0.271 e. The second kappa shape index (κ2) is 5.50. The van der Waals surface area contributed by atoms with Crippen molar-refractivity contribution in [1.82, 2.24) is 5.43 Å². The van der Waals surface area contributed by atoms with Gasteiger partial charge in [0.05, 0.1) is 12.4 Å². The fourth-order valence-electron chi connectivity index (χ4n) is 1.23. The van der Waals surface area contributed by atoms with Gasteiger partial charge in [0.1, 0.15) is 11.5 Å². The first-order valence-corrected chi connectivity index (χ1v) is 5.44. The van der Waals surface area contributed by atoms with Crippen LogP contribution in [0.4, 0.5) is 4.39 Å². The highest BCUT2D eigenvalue weighted by atomic mass is 35.5. The second-order valence-corrected chi connectivity index (χ2v) is 3.82. The summed E-state index contributed by atoms with van der Waals surface area (Å²) >= 11 is 5.76. The highest BCUT2D eigenvalue weighted by molar-refractivity contribution is 6.54. The van der Waals surface area contributed by atoms with Crippen molar-refractivity contribution in [1.29, 1.82) is 0 Å². The molecule has 2 rings (SSSR count). The number of nitrogens with one attached hydrogen (secondary N) is 1. The van der Waals surface area contributed by atoms with Crippen LogP contribution in [0.5, 0.6) is 0 Å². The number of carbonyl (C=O) groups excluding carboxylic acids is 1. The molecule has 1 amide bonds. The Morgan fingerprint density at radius 2 is 2.22 bits per heavy atom. The quantitative estimate of drug-likeness (QED) is 0.490. The van der Waals surface area contributed by atoms with Crippen LogP contribution in [-0.4, -0.2) is 29.4 Å². The van der Waals surface area contributed by atoms with Crippen LogP contribution in [0.2, 0.25) is 0 Å². The number of hydrogen-bond acceptors (Lipinski definition) is 4. The van der Waals surface area contributed by atoms with Gasteiger partial charge in [0.15, 0.2) is 5.38 Å². The van der Waals surface area contributed by atoms with Gasteiger partial charge in [-0.15, -0.1) is 11.6 Å². The molecule has 0 spiro atoms. The molecule has 0 saturated heterocycles. The van der Waals surface area contributed by atoms with Gasteiger partial charge in [-0.2, -0.15) is 15.3 Å². The lowest BCUT2D eigenvalue weighted by Crippen LogP contribution is -2.38. The van der Waals surface area contributed by atoms with Crippen molar-refractivity contribution >= 4 is 35.6 Å². The molecule has 1 aliphatic heterocycles. The minimum atomic E-state index is -0.944. The Kier molecular flexibility index (Phi) is 3.78. The predicted molar refractivity (Wildman–Crippen MR) is 67.7 cm³/mol. The van der Waals surface area contributed by atoms with Crippen LogP contribution in [-0.2, 0) is 4.79 Å². The number of benzene rings is 1. The first-order valence-electron chi connectivity index (χ1n) is 5.01. The molecule has 1 unspecified atom stereocenters. The summed E-state index contributed by atoms with van der Waals surface area (Å²) in [5, 5.41) is 10.0. The molecule has 0 fully saturated rings. The molecule has 1 atom stereocenters. The fourth-order valence-corrected chi connectivity index (χ4v) is 1.38. The summed E-state index contributed by atoms with van der Waals surface area (Å²) in [5.74, 6) is -0.877. The van der Waals surface area contributed by atoms with Crippen molar-refractivity contribution in [3.8, 4) is 0 Å². The van der Waals surface area contributed by atoms with Gasteiger partial charge in [0, 0.05) is 5.56 Å². The topological polar surface area (TPSA) is 66.2 Å². The molecule has 0 saturated carbocycles. The van der Waals surface area contributed by atoms with Gasteiger partial charge >= 0.3 is 0 Å². The summed E-state index contributed by atoms with van der Waals surface area (Å²) in [6.07, 6.45) is 2.53. The number of halogens is 2. The molecular weight excluding hydrogens is 259 g/mol. The van der Waals surface area contributed by atoms with E-state index in [2.05, 4.69) is 20.7 Å². The average molecular weight is 267 g/mol. The third-order valence-electron chi connectivity index (χ3n) is 2.14. The maximum atomic E-state index is 13.2. The van der Waals surface area contributed by atoms with Crippen molar-refractivity contribution in [2.45, 2.75) is 5.38 Å². The van der Waals surface area contributed by atoms with Gasteiger partial charge in [-0.05, 0) is 6.07 Å². The Morgan fingerprint density at radius 3 is 3.00 bits per heavy atom. The zero-order valence-electron chi connectivity index (χ0n) is 9.05. The van der Waals surface area contributed by atoms with Crippen molar-refractivity contribution in [2.24, 2.45) is 15.3 Å². The highest BCUT2D eigenvalue weighted by Crippen LogP contribution is 2.05. The molecule has 1 heterocycles. The van der Waals surface area contributed by atoms with Gasteiger partial charge in [0.2, 0.25) is 0 Å². The molecule has 92 valence electrons. The van der Waals surface area contributed by atoms with E-state index < -0.39 is 17.1 Å². The zero-order valence-corrected chi connectivity index (χ0v) is 9.80. The first kappa shape index (κ1) is 12.4. The molecule has 0 radical (unpaired) electrons. The Balaban J connectivity index is 2.16. The van der Waals surface area contributed by atoms with E-state index in [1.165, 1.54) is 18.5 Å². The highest BCUT2D eigenvalue weighted by Gasteiger charge is 2.23. The summed E-state index contributed by atoms with van der Waals surface area (Å²) in [4.78, 5) is 11.1. The van der Waals surface area contributed by atoms with Gasteiger partial charge in [-0.3, -0.25) is 4.79 Å². The van der Waals surface area contributed by atoms with Crippen molar-refractivity contribution in [3.63, 3.8) is 0 Å². The summed E-state index contributed by atoms with van der Waals surface area (Å²) in [5.41, 5.74) is 2.68. The summed E-state index contributed by atoms with van der Waals surface area (Å²) in [6.45, 7) is 0. The molecule has 5 nitrogen and oxygen atoms in total. The second-order valence-electron chi connectivity index (χ2n) is 3.39. The van der Waals surface area contributed by atoms with Crippen molar-refractivity contribution in [3.05, 3.63) is 35.6 Å². The minimum absolute atomic E-state index is 0.202. The predicted octanol–water partition coefficient (Wildman–Crippen LogP) is 1.32. The largest absolute Gasteiger partial charge is 0.271 e. The molecule has 0 aliphatic carbocycles.